The zero-order chi connectivity index (χ0) is 74.2. The second-order valence-corrected chi connectivity index (χ2v) is 32.3. The second kappa shape index (κ2) is 98.2. The van der Waals surface area contributed by atoms with Gasteiger partial charge in [-0.15, -0.1) is 0 Å². The number of carboxylic acids is 2. The van der Waals surface area contributed by atoms with Crippen molar-refractivity contribution in [3.63, 3.8) is 0 Å². The van der Waals surface area contributed by atoms with Crippen molar-refractivity contribution >= 4 is 82.7 Å². The maximum absolute atomic E-state index is 12.8. The van der Waals surface area contributed by atoms with Crippen molar-refractivity contribution in [3.8, 4) is 0 Å². The summed E-state index contributed by atoms with van der Waals surface area (Å²) in [5.74, 6) is -3.04. The molecule has 0 unspecified atom stereocenters. The van der Waals surface area contributed by atoms with E-state index < -0.39 is 45.0 Å². The van der Waals surface area contributed by atoms with Crippen LogP contribution in [0.5, 0.6) is 0 Å². The fraction of sp³-hybridized carbons (Fsp3) is 0.944. The van der Waals surface area contributed by atoms with Gasteiger partial charge in [-0.05, 0) is 44.9 Å². The predicted octanol–water partition coefficient (Wildman–Crippen LogP) is 28.0. The van der Waals surface area contributed by atoms with Crippen molar-refractivity contribution in [2.75, 3.05) is 0 Å². The number of hydrogen-bond acceptors (Lipinski definition) is 10. The first-order chi connectivity index (χ1) is 49.6. The predicted molar refractivity (Wildman–Crippen MR) is 438 cm³/mol. The van der Waals surface area contributed by atoms with Crippen LogP contribution >= 0.6 is 0 Å². The van der Waals surface area contributed by atoms with Crippen LogP contribution in [0.4, 0.5) is 0 Å². The summed E-state index contributed by atoms with van der Waals surface area (Å²) in [6.45, 7) is 11.4. The van der Waals surface area contributed by atoms with Gasteiger partial charge in [0, 0.05) is 31.2 Å². The maximum atomic E-state index is 12.8. The van der Waals surface area contributed by atoms with E-state index in [9.17, 15) is 34.2 Å². The molecule has 0 bridgehead atoms. The van der Waals surface area contributed by atoms with Gasteiger partial charge in [-0.2, -0.15) is 0 Å². The molecule has 0 heterocycles. The first-order valence-electron chi connectivity index (χ1n) is 45.6. The molecule has 0 atom stereocenters. The molecule has 0 aromatic heterocycles. The quantitative estimate of drug-likeness (QED) is 0.0424. The monoisotopic (exact) mass is 1480 g/mol. The molecule has 0 fully saturated rings. The van der Waals surface area contributed by atoms with Crippen molar-refractivity contribution < 1.29 is 45.6 Å². The average molecular weight is 1480 g/mol. The molecule has 0 aliphatic rings. The second-order valence-electron chi connectivity index (χ2n) is 31.0. The summed E-state index contributed by atoms with van der Waals surface area (Å²) in [6, 6.07) is 0. The van der Waals surface area contributed by atoms with Crippen LogP contribution in [0.3, 0.4) is 0 Å². The maximum Gasteiger partial charge on any atom is 2.00 e. The molecule has 0 aliphatic carbocycles. The van der Waals surface area contributed by atoms with Gasteiger partial charge in [0.25, 0.3) is 17.9 Å². The Morgan fingerprint density at radius 3 is 0.382 bits per heavy atom. The van der Waals surface area contributed by atoms with Gasteiger partial charge < -0.3 is 31.2 Å². The zero-order valence-corrected chi connectivity index (χ0v) is 72.8. The number of carboxylic acid groups (broad SMARTS) is 2. The minimum atomic E-state index is -3.24. The molecule has 600 valence electrons. The molecule has 12 heteroatoms. The van der Waals surface area contributed by atoms with Crippen molar-refractivity contribution in [1.82, 2.24) is 0 Å². The van der Waals surface area contributed by atoms with Crippen molar-refractivity contribution in [2.45, 2.75) is 548 Å². The first kappa shape index (κ1) is 107. The largest absolute Gasteiger partial charge is 2.00 e. The van der Waals surface area contributed by atoms with Gasteiger partial charge >= 0.3 is 52.9 Å². The van der Waals surface area contributed by atoms with E-state index in [2.05, 4.69) is 34.6 Å². The van der Waals surface area contributed by atoms with Gasteiger partial charge in [0.15, 0.2) is 0 Å². The van der Waals surface area contributed by atoms with Crippen LogP contribution in [-0.2, 0) is 35.3 Å². The smallest absolute Gasteiger partial charge is 0.551 e. The summed E-state index contributed by atoms with van der Waals surface area (Å²) in [5.41, 5.74) is 0. The molecular weight excluding hydrogens is 1310 g/mol. The van der Waals surface area contributed by atoms with E-state index in [1.165, 1.54) is 398 Å². The Morgan fingerprint density at radius 2 is 0.275 bits per heavy atom. The Bertz CT molecular complexity index is 1480. The van der Waals surface area contributed by atoms with Gasteiger partial charge in [0.1, 0.15) is 0 Å². The van der Waals surface area contributed by atoms with Crippen LogP contribution in [-0.4, -0.2) is 82.7 Å². The normalized spacial score (nSPS) is 11.0. The number of aliphatic carboxylic acids is 2. The number of rotatable bonds is 83. The van der Waals surface area contributed by atoms with E-state index >= 15 is 0 Å². The van der Waals surface area contributed by atoms with Gasteiger partial charge in [-0.25, -0.2) is 0 Å². The van der Waals surface area contributed by atoms with E-state index in [-0.39, 0.29) is 69.8 Å². The minimum absolute atomic E-state index is 0. The van der Waals surface area contributed by atoms with Crippen LogP contribution in [0, 0.1) is 0 Å². The molecule has 0 aromatic rings. The fourth-order valence-corrected chi connectivity index (χ4v) is 14.9. The standard InChI is InChI=1S/5C18H36O2.Al.Ca/c5*1-2-3-4-5-6-7-8-9-10-11-12-13-14-15-16-17-18(19)20;;/h5*2-17H2,1H3,(H,19,20);;/q;;;;;+3;+2/p-5. The van der Waals surface area contributed by atoms with Crippen LogP contribution in [0.2, 0.25) is 0 Å². The molecule has 0 N–H and O–H groups in total. The molecule has 0 radical (unpaired) electrons. The summed E-state index contributed by atoms with van der Waals surface area (Å²) in [7, 11) is 0. The third-order valence-electron chi connectivity index (χ3n) is 20.6. The Kier molecular flexibility index (Phi) is 103. The Balaban J connectivity index is -0.000000944. The molecule has 0 saturated carbocycles. The van der Waals surface area contributed by atoms with Crippen LogP contribution < -0.4 is 10.2 Å². The van der Waals surface area contributed by atoms with E-state index in [4.69, 9.17) is 11.4 Å². The Hall–Kier alpha value is -0.858. The summed E-state index contributed by atoms with van der Waals surface area (Å²) in [6.07, 6.45) is 97.5. The summed E-state index contributed by atoms with van der Waals surface area (Å²) < 4.78 is 16.7. The Morgan fingerprint density at radius 1 is 0.176 bits per heavy atom. The fourth-order valence-electron chi connectivity index (χ4n) is 13.8. The zero-order valence-electron chi connectivity index (χ0n) is 69.4. The molecule has 0 aliphatic heterocycles. The van der Waals surface area contributed by atoms with Gasteiger partial charge in [-0.3, -0.25) is 14.4 Å². The van der Waals surface area contributed by atoms with Crippen LogP contribution in [0.25, 0.3) is 0 Å². The number of carbonyl (C=O) groups excluding carboxylic acids is 5. The number of hydrogen-bond donors (Lipinski definition) is 0. The van der Waals surface area contributed by atoms with Gasteiger partial charge in [0.05, 0.1) is 0 Å². The van der Waals surface area contributed by atoms with Crippen molar-refractivity contribution in [1.29, 1.82) is 0 Å². The first-order valence-corrected chi connectivity index (χ1v) is 47.0. The number of unbranched alkanes of at least 4 members (excludes halogenated alkanes) is 70. The topological polar surface area (TPSA) is 159 Å². The van der Waals surface area contributed by atoms with E-state index in [1.807, 2.05) is 0 Å². The molecule has 0 rings (SSSR count). The summed E-state index contributed by atoms with van der Waals surface area (Å²) in [5, 5.41) is 20.4. The Labute approximate surface area is 671 Å². The van der Waals surface area contributed by atoms with Crippen molar-refractivity contribution in [2.24, 2.45) is 0 Å². The number of carbonyl (C=O) groups is 5. The molecule has 0 amide bonds. The third kappa shape index (κ3) is 103. The van der Waals surface area contributed by atoms with E-state index in [1.54, 1.807) is 0 Å². The van der Waals surface area contributed by atoms with Crippen LogP contribution in [0.15, 0.2) is 0 Å². The molecule has 0 saturated heterocycles. The SMILES string of the molecule is CCCCCCCCCCCCCCCCCC(=O)[O-].CCCCCCCCCCCCCCCCCC(=O)[O-].CCCCCCCCCCCCCCCCCC(=O)[O][Al]([O]C(=O)CCCCCCCCCCCCCCCCC)[O]C(=O)CCCCCCCCCCCCCCCCC.[Ca+2]. The summed E-state index contributed by atoms with van der Waals surface area (Å²) in [4.78, 5) is 58.8. The van der Waals surface area contributed by atoms with Crippen LogP contribution in [0.1, 0.15) is 548 Å². The molecular formula is C90H175AlCaO10. The van der Waals surface area contributed by atoms with Gasteiger partial charge in [-0.1, -0.05) is 484 Å². The van der Waals surface area contributed by atoms with Gasteiger partial charge in [0.2, 0.25) is 0 Å². The molecule has 0 spiro atoms. The summed E-state index contributed by atoms with van der Waals surface area (Å²) >= 11 is -3.24. The van der Waals surface area contributed by atoms with Crippen molar-refractivity contribution in [3.05, 3.63) is 0 Å². The third-order valence-corrected chi connectivity index (χ3v) is 22.0. The molecule has 0 aromatic carbocycles. The van der Waals surface area contributed by atoms with E-state index in [0.717, 1.165) is 83.5 Å². The minimum Gasteiger partial charge on any atom is -0.551 e. The van der Waals surface area contributed by atoms with E-state index in [0.29, 0.717) is 0 Å². The molecule has 102 heavy (non-hydrogen) atoms. The average Bonchev–Trinajstić information content (AvgIpc) is 1.13. The molecule has 10 nitrogen and oxygen atoms in total.